The number of nitrogens with one attached hydrogen (secondary N) is 3. The number of aromatic nitrogens is 4. The van der Waals surface area contributed by atoms with Crippen molar-refractivity contribution in [2.24, 2.45) is 5.41 Å². The van der Waals surface area contributed by atoms with Crippen LogP contribution >= 0.6 is 0 Å². The summed E-state index contributed by atoms with van der Waals surface area (Å²) >= 11 is 0. The molecule has 0 aliphatic carbocycles. The Bertz CT molecular complexity index is 574. The summed E-state index contributed by atoms with van der Waals surface area (Å²) in [5.74, 6) is 1.22. The van der Waals surface area contributed by atoms with E-state index in [1.54, 1.807) is 13.4 Å². The quantitative estimate of drug-likeness (QED) is 0.663. The molecule has 1 atom stereocenters. The fraction of sp³-hybridized carbons (Fsp3) is 0.615. The van der Waals surface area contributed by atoms with Crippen molar-refractivity contribution in [3.8, 4) is 0 Å². The van der Waals surface area contributed by atoms with Gasteiger partial charge in [-0.1, -0.05) is 20.8 Å². The summed E-state index contributed by atoms with van der Waals surface area (Å²) in [6, 6.07) is 0.0959. The molecule has 7 heteroatoms. The van der Waals surface area contributed by atoms with Gasteiger partial charge in [-0.15, -0.1) is 0 Å². The minimum absolute atomic E-state index is 0.000167. The first kappa shape index (κ1) is 14.5. The zero-order chi connectivity index (χ0) is 14.8. The molecular weight excluding hydrogens is 256 g/mol. The van der Waals surface area contributed by atoms with Crippen LogP contribution in [-0.4, -0.2) is 44.7 Å². The lowest BCUT2D eigenvalue weighted by Crippen LogP contribution is -2.35. The van der Waals surface area contributed by atoms with E-state index in [2.05, 4.69) is 51.3 Å². The highest BCUT2D eigenvalue weighted by molar-refractivity contribution is 5.83. The van der Waals surface area contributed by atoms with Crippen molar-refractivity contribution in [2.45, 2.75) is 33.2 Å². The maximum Gasteiger partial charge on any atom is 0.226 e. The smallest absolute Gasteiger partial charge is 0.226 e. The van der Waals surface area contributed by atoms with Gasteiger partial charge in [0.2, 0.25) is 5.95 Å². The molecule has 0 saturated heterocycles. The first-order valence-corrected chi connectivity index (χ1v) is 6.72. The van der Waals surface area contributed by atoms with E-state index < -0.39 is 0 Å². The van der Waals surface area contributed by atoms with Crippen LogP contribution in [0.4, 0.5) is 11.8 Å². The highest BCUT2D eigenvalue weighted by Gasteiger charge is 2.25. The molecule has 0 aromatic carbocycles. The molecule has 0 spiro atoms. The summed E-state index contributed by atoms with van der Waals surface area (Å²) in [5, 5.41) is 15.6. The van der Waals surface area contributed by atoms with Crippen LogP contribution in [0.1, 0.15) is 27.2 Å². The molecule has 0 amide bonds. The number of hydrogen-bond acceptors (Lipinski definition) is 6. The van der Waals surface area contributed by atoms with Gasteiger partial charge in [0.25, 0.3) is 0 Å². The van der Waals surface area contributed by atoms with Crippen LogP contribution in [-0.2, 0) is 0 Å². The third-order valence-electron chi connectivity index (χ3n) is 3.28. The molecule has 20 heavy (non-hydrogen) atoms. The van der Waals surface area contributed by atoms with Gasteiger partial charge in [0.15, 0.2) is 11.5 Å². The van der Waals surface area contributed by atoms with Crippen molar-refractivity contribution in [1.82, 2.24) is 19.9 Å². The summed E-state index contributed by atoms with van der Waals surface area (Å²) in [4.78, 5) is 15.9. The maximum atomic E-state index is 9.25. The Hall–Kier alpha value is -1.89. The van der Waals surface area contributed by atoms with Crippen LogP contribution in [0.5, 0.6) is 0 Å². The predicted octanol–water partition coefficient (Wildman–Crippen LogP) is 1.60. The Morgan fingerprint density at radius 2 is 2.10 bits per heavy atom. The number of aliphatic hydroxyl groups is 1. The molecule has 2 aromatic heterocycles. The van der Waals surface area contributed by atoms with Crippen molar-refractivity contribution < 1.29 is 5.11 Å². The van der Waals surface area contributed by atoms with Gasteiger partial charge in [-0.3, -0.25) is 0 Å². The van der Waals surface area contributed by atoms with Crippen LogP contribution in [0.3, 0.4) is 0 Å². The summed E-state index contributed by atoms with van der Waals surface area (Å²) < 4.78 is 0. The second kappa shape index (κ2) is 5.62. The second-order valence-electron chi connectivity index (χ2n) is 5.82. The largest absolute Gasteiger partial charge is 0.396 e. The normalized spacial score (nSPS) is 13.4. The van der Waals surface area contributed by atoms with Gasteiger partial charge in [0.1, 0.15) is 5.52 Å². The molecule has 110 valence electrons. The van der Waals surface area contributed by atoms with E-state index in [4.69, 9.17) is 0 Å². The first-order valence-electron chi connectivity index (χ1n) is 6.72. The molecule has 2 heterocycles. The number of hydrogen-bond donors (Lipinski definition) is 4. The Morgan fingerprint density at radius 1 is 1.35 bits per heavy atom. The summed E-state index contributed by atoms with van der Waals surface area (Å²) in [6.45, 7) is 6.52. The van der Waals surface area contributed by atoms with Crippen LogP contribution in [0.25, 0.3) is 11.2 Å². The van der Waals surface area contributed by atoms with Crippen molar-refractivity contribution in [3.63, 3.8) is 0 Å². The fourth-order valence-electron chi connectivity index (χ4n) is 2.07. The highest BCUT2D eigenvalue weighted by Crippen LogP contribution is 2.27. The number of aromatic amines is 1. The number of imidazole rings is 1. The maximum absolute atomic E-state index is 9.25. The lowest BCUT2D eigenvalue weighted by Gasteiger charge is -2.31. The molecule has 0 fully saturated rings. The van der Waals surface area contributed by atoms with Crippen molar-refractivity contribution in [1.29, 1.82) is 0 Å². The lowest BCUT2D eigenvalue weighted by atomic mass is 9.85. The second-order valence-corrected chi connectivity index (χ2v) is 5.82. The van der Waals surface area contributed by atoms with E-state index in [1.165, 1.54) is 0 Å². The predicted molar refractivity (Wildman–Crippen MR) is 79.8 cm³/mol. The first-order chi connectivity index (χ1) is 9.45. The van der Waals surface area contributed by atoms with Gasteiger partial charge < -0.3 is 20.7 Å². The van der Waals surface area contributed by atoms with Crippen molar-refractivity contribution in [2.75, 3.05) is 24.3 Å². The molecule has 2 aromatic rings. The van der Waals surface area contributed by atoms with E-state index in [0.717, 1.165) is 5.52 Å². The van der Waals surface area contributed by atoms with Gasteiger partial charge in [0, 0.05) is 19.7 Å². The third-order valence-corrected chi connectivity index (χ3v) is 3.28. The number of aliphatic hydroxyl groups excluding tert-OH is 1. The van der Waals surface area contributed by atoms with Crippen LogP contribution in [0.15, 0.2) is 6.33 Å². The molecular formula is C13H22N6O. The molecule has 4 N–H and O–H groups in total. The Kier molecular flexibility index (Phi) is 4.08. The third kappa shape index (κ3) is 2.98. The Labute approximate surface area is 118 Å². The van der Waals surface area contributed by atoms with E-state index in [9.17, 15) is 5.11 Å². The van der Waals surface area contributed by atoms with E-state index >= 15 is 0 Å². The topological polar surface area (TPSA) is 98.8 Å². The standard InChI is InChI=1S/C13H22N6O/c1-13(2,3)8(5-6-20)17-11-9-10(16-7-15-9)18-12(14-4)19-11/h7-8,20H,5-6H2,1-4H3,(H3,14,15,16,17,18,19). The van der Waals surface area contributed by atoms with Crippen LogP contribution < -0.4 is 10.6 Å². The summed E-state index contributed by atoms with van der Waals surface area (Å²) in [6.07, 6.45) is 2.25. The van der Waals surface area contributed by atoms with Crippen molar-refractivity contribution >= 4 is 22.9 Å². The average molecular weight is 278 g/mol. The zero-order valence-electron chi connectivity index (χ0n) is 12.4. The van der Waals surface area contributed by atoms with E-state index in [1.807, 2.05) is 0 Å². The van der Waals surface area contributed by atoms with Gasteiger partial charge in [-0.05, 0) is 11.8 Å². The van der Waals surface area contributed by atoms with Crippen LogP contribution in [0.2, 0.25) is 0 Å². The monoisotopic (exact) mass is 278 g/mol. The summed E-state index contributed by atoms with van der Waals surface area (Å²) in [5.41, 5.74) is 1.39. The number of fused-ring (bicyclic) bond motifs is 1. The van der Waals surface area contributed by atoms with Gasteiger partial charge in [-0.2, -0.15) is 9.97 Å². The van der Waals surface area contributed by atoms with E-state index in [-0.39, 0.29) is 18.1 Å². The molecule has 1 unspecified atom stereocenters. The van der Waals surface area contributed by atoms with Gasteiger partial charge >= 0.3 is 0 Å². The minimum Gasteiger partial charge on any atom is -0.396 e. The molecule has 0 bridgehead atoms. The number of rotatable bonds is 5. The fourth-order valence-corrected chi connectivity index (χ4v) is 2.07. The van der Waals surface area contributed by atoms with Crippen molar-refractivity contribution in [3.05, 3.63) is 6.33 Å². The SMILES string of the molecule is CNc1nc(NC(CCO)C(C)(C)C)c2[nH]cnc2n1. The molecule has 2 rings (SSSR count). The van der Waals surface area contributed by atoms with Gasteiger partial charge in [0.05, 0.1) is 6.33 Å². The molecule has 0 aliphatic heterocycles. The van der Waals surface area contributed by atoms with E-state index in [0.29, 0.717) is 23.8 Å². The zero-order valence-corrected chi connectivity index (χ0v) is 12.4. The Balaban J connectivity index is 2.38. The molecule has 0 saturated carbocycles. The lowest BCUT2D eigenvalue weighted by molar-refractivity contribution is 0.235. The average Bonchev–Trinajstić information content (AvgIpc) is 2.85. The number of nitrogens with zero attached hydrogens (tertiary/aromatic N) is 3. The highest BCUT2D eigenvalue weighted by atomic mass is 16.3. The number of anilines is 2. The Morgan fingerprint density at radius 3 is 2.70 bits per heavy atom. The molecule has 0 aliphatic rings. The van der Waals surface area contributed by atoms with Gasteiger partial charge in [-0.25, -0.2) is 4.98 Å². The minimum atomic E-state index is -0.000167. The number of H-pyrrole nitrogens is 1. The summed E-state index contributed by atoms with van der Waals surface area (Å²) in [7, 11) is 1.77. The molecule has 7 nitrogen and oxygen atoms in total. The molecule has 0 radical (unpaired) electrons. The van der Waals surface area contributed by atoms with Crippen LogP contribution in [0, 0.1) is 5.41 Å².